The van der Waals surface area contributed by atoms with Gasteiger partial charge in [-0.15, -0.1) is 0 Å². The van der Waals surface area contributed by atoms with Crippen LogP contribution in [0.15, 0.2) is 10.6 Å². The van der Waals surface area contributed by atoms with Crippen LogP contribution >= 0.6 is 0 Å². The van der Waals surface area contributed by atoms with E-state index in [-0.39, 0.29) is 36.0 Å². The first-order valence-electron chi connectivity index (χ1n) is 6.78. The molecule has 2 aliphatic rings. The average molecular weight is 345 g/mol. The fourth-order valence-electron chi connectivity index (χ4n) is 2.17. The normalized spacial score (nSPS) is 22.3. The molecule has 1 unspecified atom stereocenters. The van der Waals surface area contributed by atoms with Crippen molar-refractivity contribution in [1.82, 2.24) is 4.90 Å². The SMILES string of the molecule is CCOC(=O)CC1=C(C(=O)OCOC(C)=O)N2C(=O)C[C@H]2S1=O. The minimum atomic E-state index is -1.68. The summed E-state index contributed by atoms with van der Waals surface area (Å²) >= 11 is 0. The van der Waals surface area contributed by atoms with Crippen molar-refractivity contribution in [1.29, 1.82) is 0 Å². The van der Waals surface area contributed by atoms with Crippen molar-refractivity contribution < 1.29 is 37.6 Å². The molecule has 2 rings (SSSR count). The van der Waals surface area contributed by atoms with E-state index in [0.717, 1.165) is 11.8 Å². The molecule has 0 aromatic rings. The minimum absolute atomic E-state index is 0.00729. The van der Waals surface area contributed by atoms with Crippen LogP contribution in [0.25, 0.3) is 0 Å². The van der Waals surface area contributed by atoms with Crippen molar-refractivity contribution in [2.75, 3.05) is 13.4 Å². The van der Waals surface area contributed by atoms with Crippen LogP contribution < -0.4 is 0 Å². The number of esters is 3. The van der Waals surface area contributed by atoms with E-state index in [2.05, 4.69) is 4.74 Å². The summed E-state index contributed by atoms with van der Waals surface area (Å²) in [7, 11) is -1.68. The lowest BCUT2D eigenvalue weighted by Crippen LogP contribution is -2.51. The topological polar surface area (TPSA) is 116 Å². The first-order valence-corrected chi connectivity index (χ1v) is 8.00. The highest BCUT2D eigenvalue weighted by Crippen LogP contribution is 2.40. The molecule has 0 bridgehead atoms. The van der Waals surface area contributed by atoms with Crippen molar-refractivity contribution in [3.63, 3.8) is 0 Å². The molecule has 0 aliphatic carbocycles. The van der Waals surface area contributed by atoms with E-state index < -0.39 is 40.9 Å². The maximum Gasteiger partial charge on any atom is 0.358 e. The van der Waals surface area contributed by atoms with Crippen LogP contribution in [0.4, 0.5) is 0 Å². The van der Waals surface area contributed by atoms with Gasteiger partial charge < -0.3 is 14.2 Å². The Morgan fingerprint density at radius 3 is 2.52 bits per heavy atom. The Morgan fingerprint density at radius 2 is 1.96 bits per heavy atom. The molecule has 1 amide bonds. The Hall–Kier alpha value is -2.23. The summed E-state index contributed by atoms with van der Waals surface area (Å²) in [5.74, 6) is -2.67. The van der Waals surface area contributed by atoms with Crippen LogP contribution in [0.1, 0.15) is 26.7 Å². The van der Waals surface area contributed by atoms with E-state index in [1.807, 2.05) is 0 Å². The fraction of sp³-hybridized carbons (Fsp3) is 0.538. The molecule has 0 aromatic heterocycles. The Labute approximate surface area is 134 Å². The summed E-state index contributed by atoms with van der Waals surface area (Å²) in [6.45, 7) is 2.25. The summed E-state index contributed by atoms with van der Waals surface area (Å²) in [6.07, 6.45) is -0.349. The summed E-state index contributed by atoms with van der Waals surface area (Å²) in [4.78, 5) is 47.1. The number of fused-ring (bicyclic) bond motifs is 1. The number of carbonyl (C=O) groups is 4. The lowest BCUT2D eigenvalue weighted by molar-refractivity contribution is -0.165. The molecule has 2 atom stereocenters. The van der Waals surface area contributed by atoms with Crippen LogP contribution in [0.5, 0.6) is 0 Å². The van der Waals surface area contributed by atoms with Gasteiger partial charge in [0.15, 0.2) is 0 Å². The first kappa shape index (κ1) is 17.1. The zero-order chi connectivity index (χ0) is 17.1. The molecule has 10 heteroatoms. The zero-order valence-corrected chi connectivity index (χ0v) is 13.3. The molecule has 0 spiro atoms. The number of ether oxygens (including phenoxy) is 3. The maximum atomic E-state index is 12.3. The van der Waals surface area contributed by atoms with Gasteiger partial charge in [0.05, 0.1) is 35.2 Å². The summed E-state index contributed by atoms with van der Waals surface area (Å²) in [5, 5.41) is -0.664. The average Bonchev–Trinajstić information content (AvgIpc) is 2.68. The van der Waals surface area contributed by atoms with Crippen molar-refractivity contribution in [2.24, 2.45) is 0 Å². The smallest absolute Gasteiger partial charge is 0.358 e. The lowest BCUT2D eigenvalue weighted by Gasteiger charge is -2.33. The third-order valence-electron chi connectivity index (χ3n) is 3.16. The Bertz CT molecular complexity index is 625. The molecule has 2 aliphatic heterocycles. The zero-order valence-electron chi connectivity index (χ0n) is 12.5. The van der Waals surface area contributed by atoms with Crippen molar-refractivity contribution in [3.8, 4) is 0 Å². The Kier molecular flexibility index (Phi) is 5.14. The molecular formula is C13H15NO8S. The van der Waals surface area contributed by atoms with Gasteiger partial charge >= 0.3 is 17.9 Å². The largest absolute Gasteiger partial charge is 0.466 e. The summed E-state index contributed by atoms with van der Waals surface area (Å²) < 4.78 is 26.3. The van der Waals surface area contributed by atoms with E-state index in [4.69, 9.17) is 9.47 Å². The number of rotatable bonds is 6. The molecule has 2 heterocycles. The summed E-state index contributed by atoms with van der Waals surface area (Å²) in [5.41, 5.74) is -0.232. The molecule has 1 saturated heterocycles. The standard InChI is InChI=1S/C13H15NO8S/c1-3-20-11(17)4-8-12(13(18)22-6-21-7(2)15)14-9(16)5-10(14)23(8)19/h10H,3-6H2,1-2H3/t10-,23?/m1/s1. The van der Waals surface area contributed by atoms with Gasteiger partial charge in [-0.25, -0.2) is 4.79 Å². The van der Waals surface area contributed by atoms with Gasteiger partial charge in [-0.1, -0.05) is 0 Å². The molecular weight excluding hydrogens is 330 g/mol. The predicted octanol–water partition coefficient (Wildman–Crippen LogP) is -0.464. The molecule has 126 valence electrons. The van der Waals surface area contributed by atoms with Crippen LogP contribution in [0.3, 0.4) is 0 Å². The van der Waals surface area contributed by atoms with Crippen molar-refractivity contribution >= 4 is 34.6 Å². The molecule has 23 heavy (non-hydrogen) atoms. The predicted molar refractivity (Wildman–Crippen MR) is 74.4 cm³/mol. The molecule has 9 nitrogen and oxygen atoms in total. The van der Waals surface area contributed by atoms with Crippen LogP contribution in [0.2, 0.25) is 0 Å². The highest BCUT2D eigenvalue weighted by atomic mass is 32.2. The third-order valence-corrected chi connectivity index (χ3v) is 4.85. The number of hydrogen-bond donors (Lipinski definition) is 0. The van der Waals surface area contributed by atoms with Crippen LogP contribution in [-0.4, -0.2) is 51.7 Å². The summed E-state index contributed by atoms with van der Waals surface area (Å²) in [6, 6.07) is 0. The Morgan fingerprint density at radius 1 is 1.26 bits per heavy atom. The number of nitrogens with zero attached hydrogens (tertiary/aromatic N) is 1. The molecule has 0 N–H and O–H groups in total. The van der Waals surface area contributed by atoms with E-state index in [1.54, 1.807) is 6.92 Å². The number of hydrogen-bond acceptors (Lipinski definition) is 8. The lowest BCUT2D eigenvalue weighted by atomic mass is 10.1. The third kappa shape index (κ3) is 3.41. The second-order valence-corrected chi connectivity index (χ2v) is 6.29. The van der Waals surface area contributed by atoms with E-state index in [9.17, 15) is 23.4 Å². The van der Waals surface area contributed by atoms with Gasteiger partial charge in [0.25, 0.3) is 0 Å². The van der Waals surface area contributed by atoms with Crippen molar-refractivity contribution in [3.05, 3.63) is 10.6 Å². The molecule has 0 saturated carbocycles. The van der Waals surface area contributed by atoms with E-state index in [1.165, 1.54) is 0 Å². The highest BCUT2D eigenvalue weighted by Gasteiger charge is 2.53. The Balaban J connectivity index is 2.19. The van der Waals surface area contributed by atoms with Crippen molar-refractivity contribution in [2.45, 2.75) is 32.1 Å². The fourth-order valence-corrected chi connectivity index (χ4v) is 3.83. The number of β-lactam (4-membered cyclic amide) rings is 1. The molecule has 0 aromatic carbocycles. The quantitative estimate of drug-likeness (QED) is 0.360. The number of amides is 1. The van der Waals surface area contributed by atoms with E-state index in [0.29, 0.717) is 0 Å². The van der Waals surface area contributed by atoms with E-state index >= 15 is 0 Å². The number of carbonyl (C=O) groups excluding carboxylic acids is 4. The second kappa shape index (κ2) is 6.90. The van der Waals surface area contributed by atoms with Gasteiger partial charge in [0.2, 0.25) is 12.7 Å². The van der Waals surface area contributed by atoms with Gasteiger partial charge in [0, 0.05) is 6.92 Å². The highest BCUT2D eigenvalue weighted by molar-refractivity contribution is 7.90. The molecule has 0 radical (unpaired) electrons. The van der Waals surface area contributed by atoms with Crippen LogP contribution in [0, 0.1) is 0 Å². The monoisotopic (exact) mass is 345 g/mol. The van der Waals surface area contributed by atoms with Gasteiger partial charge in [-0.3, -0.25) is 23.5 Å². The van der Waals surface area contributed by atoms with Gasteiger partial charge in [0.1, 0.15) is 11.1 Å². The van der Waals surface area contributed by atoms with Gasteiger partial charge in [-0.05, 0) is 6.92 Å². The molecule has 1 fully saturated rings. The minimum Gasteiger partial charge on any atom is -0.466 e. The first-order chi connectivity index (χ1) is 10.9. The maximum absolute atomic E-state index is 12.3. The van der Waals surface area contributed by atoms with Crippen LogP contribution in [-0.2, 0) is 44.2 Å². The van der Waals surface area contributed by atoms with Gasteiger partial charge in [-0.2, -0.15) is 0 Å². The second-order valence-electron chi connectivity index (χ2n) is 4.66.